The van der Waals surface area contributed by atoms with E-state index in [2.05, 4.69) is 10.1 Å². The first-order valence-electron chi connectivity index (χ1n) is 10.5. The quantitative estimate of drug-likeness (QED) is 0.481. The summed E-state index contributed by atoms with van der Waals surface area (Å²) < 4.78 is 5.51. The number of carbonyl (C=O) groups excluding carboxylic acids is 1. The number of ketones is 1. The van der Waals surface area contributed by atoms with Crippen LogP contribution in [-0.2, 0) is 6.54 Å². The SMILES string of the molecule is CCC(=O)c1noc(-c2cc(Cl)c(O)cc2O)c1-c1ccc(CN2CCCCC2)cc1. The van der Waals surface area contributed by atoms with E-state index in [0.29, 0.717) is 5.56 Å². The predicted octanol–water partition coefficient (Wildman–Crippen LogP) is 5.65. The highest BCUT2D eigenvalue weighted by Gasteiger charge is 2.26. The molecule has 0 radical (unpaired) electrons. The van der Waals surface area contributed by atoms with Crippen molar-refractivity contribution in [1.29, 1.82) is 0 Å². The maximum atomic E-state index is 12.5. The lowest BCUT2D eigenvalue weighted by Gasteiger charge is -2.26. The molecule has 3 aromatic rings. The van der Waals surface area contributed by atoms with Gasteiger partial charge in [0.2, 0.25) is 0 Å². The van der Waals surface area contributed by atoms with E-state index in [1.165, 1.54) is 30.9 Å². The number of aromatic nitrogens is 1. The standard InChI is InChI=1S/C24H25ClN2O4/c1-2-19(28)23-22(24(31-26-23)17-12-18(25)21(30)13-20(17)29)16-8-6-15(7-9-16)14-27-10-4-3-5-11-27/h6-9,12-13,29-30H,2-5,10-11,14H2,1H3. The van der Waals surface area contributed by atoms with Gasteiger partial charge in [0, 0.05) is 19.0 Å². The number of nitrogens with zero attached hydrogens (tertiary/aromatic N) is 2. The molecule has 2 heterocycles. The van der Waals surface area contributed by atoms with Crippen molar-refractivity contribution in [3.63, 3.8) is 0 Å². The molecule has 1 saturated heterocycles. The van der Waals surface area contributed by atoms with Crippen molar-refractivity contribution in [3.8, 4) is 33.9 Å². The average molecular weight is 441 g/mol. The van der Waals surface area contributed by atoms with Gasteiger partial charge in [-0.25, -0.2) is 0 Å². The fourth-order valence-corrected chi connectivity index (χ4v) is 4.15. The van der Waals surface area contributed by atoms with Crippen molar-refractivity contribution >= 4 is 17.4 Å². The van der Waals surface area contributed by atoms with Crippen molar-refractivity contribution in [1.82, 2.24) is 10.1 Å². The van der Waals surface area contributed by atoms with Crippen LogP contribution in [0.3, 0.4) is 0 Å². The lowest BCUT2D eigenvalue weighted by molar-refractivity contribution is 0.0980. The molecule has 31 heavy (non-hydrogen) atoms. The van der Waals surface area contributed by atoms with Gasteiger partial charge >= 0.3 is 0 Å². The number of hydrogen-bond donors (Lipinski definition) is 2. The smallest absolute Gasteiger partial charge is 0.185 e. The van der Waals surface area contributed by atoms with Gasteiger partial charge in [0.05, 0.1) is 16.1 Å². The molecular formula is C24H25ClN2O4. The third-order valence-electron chi connectivity index (χ3n) is 5.68. The zero-order chi connectivity index (χ0) is 22.0. The molecule has 0 spiro atoms. The predicted molar refractivity (Wildman–Crippen MR) is 119 cm³/mol. The first kappa shape index (κ1) is 21.4. The van der Waals surface area contributed by atoms with Crippen LogP contribution < -0.4 is 0 Å². The molecule has 2 N–H and O–H groups in total. The Labute approximate surface area is 186 Å². The maximum absolute atomic E-state index is 12.5. The third kappa shape index (κ3) is 4.45. The molecule has 0 unspecified atom stereocenters. The summed E-state index contributed by atoms with van der Waals surface area (Å²) in [6.07, 6.45) is 4.05. The van der Waals surface area contributed by atoms with Gasteiger partial charge in [0.15, 0.2) is 17.2 Å². The van der Waals surface area contributed by atoms with Crippen molar-refractivity contribution in [2.24, 2.45) is 0 Å². The maximum Gasteiger partial charge on any atom is 0.185 e. The number of likely N-dealkylation sites (tertiary alicyclic amines) is 1. The van der Waals surface area contributed by atoms with Gasteiger partial charge in [0.1, 0.15) is 11.5 Å². The zero-order valence-electron chi connectivity index (χ0n) is 17.4. The lowest BCUT2D eigenvalue weighted by atomic mass is 9.96. The topological polar surface area (TPSA) is 86.8 Å². The number of benzene rings is 2. The number of halogens is 1. The van der Waals surface area contributed by atoms with Crippen molar-refractivity contribution in [3.05, 3.63) is 52.7 Å². The first-order chi connectivity index (χ1) is 15.0. The van der Waals surface area contributed by atoms with Crippen LogP contribution in [0.15, 0.2) is 40.9 Å². The number of hydrogen-bond acceptors (Lipinski definition) is 6. The number of phenolic OH excluding ortho intramolecular Hbond substituents is 2. The molecule has 1 aliphatic rings. The number of piperidine rings is 1. The Morgan fingerprint density at radius 2 is 1.81 bits per heavy atom. The number of rotatable bonds is 6. The Hall–Kier alpha value is -2.83. The highest BCUT2D eigenvalue weighted by Crippen LogP contribution is 2.43. The van der Waals surface area contributed by atoms with E-state index in [1.54, 1.807) is 6.92 Å². The van der Waals surface area contributed by atoms with Crippen LogP contribution >= 0.6 is 11.6 Å². The summed E-state index contributed by atoms with van der Waals surface area (Å²) in [6, 6.07) is 10.5. The van der Waals surface area contributed by atoms with Crippen LogP contribution in [0.4, 0.5) is 0 Å². The van der Waals surface area contributed by atoms with Crippen LogP contribution in [0, 0.1) is 0 Å². The van der Waals surface area contributed by atoms with E-state index in [-0.39, 0.29) is 45.7 Å². The fourth-order valence-electron chi connectivity index (χ4n) is 3.98. The molecule has 4 rings (SSSR count). The lowest BCUT2D eigenvalue weighted by Crippen LogP contribution is -2.28. The molecule has 1 aromatic heterocycles. The molecule has 0 atom stereocenters. The van der Waals surface area contributed by atoms with Gasteiger partial charge in [-0.2, -0.15) is 0 Å². The van der Waals surface area contributed by atoms with Crippen molar-refractivity contribution in [2.45, 2.75) is 39.2 Å². The van der Waals surface area contributed by atoms with E-state index < -0.39 is 0 Å². The number of carbonyl (C=O) groups is 1. The number of Topliss-reactive ketones (excluding diaryl/α,β-unsaturated/α-hetero) is 1. The minimum absolute atomic E-state index is 0.0652. The van der Waals surface area contributed by atoms with Gasteiger partial charge in [-0.15, -0.1) is 0 Å². The molecular weight excluding hydrogens is 416 g/mol. The second kappa shape index (κ2) is 9.12. The van der Waals surface area contributed by atoms with Gasteiger partial charge < -0.3 is 14.7 Å². The van der Waals surface area contributed by atoms with Crippen molar-refractivity contribution < 1.29 is 19.5 Å². The van der Waals surface area contributed by atoms with Gasteiger partial charge in [-0.05, 0) is 43.1 Å². The number of aromatic hydroxyl groups is 2. The molecule has 1 fully saturated rings. The second-order valence-electron chi connectivity index (χ2n) is 7.87. The highest BCUT2D eigenvalue weighted by atomic mass is 35.5. The Balaban J connectivity index is 1.73. The van der Waals surface area contributed by atoms with E-state index in [9.17, 15) is 15.0 Å². The van der Waals surface area contributed by atoms with Gasteiger partial charge in [0.25, 0.3) is 0 Å². The van der Waals surface area contributed by atoms with E-state index in [1.807, 2.05) is 24.3 Å². The van der Waals surface area contributed by atoms with Gasteiger partial charge in [-0.3, -0.25) is 9.69 Å². The summed E-state index contributed by atoms with van der Waals surface area (Å²) in [5.74, 6) is -0.376. The average Bonchev–Trinajstić information content (AvgIpc) is 3.22. The Bertz CT molecular complexity index is 1090. The molecule has 0 aliphatic carbocycles. The highest BCUT2D eigenvalue weighted by molar-refractivity contribution is 6.32. The minimum atomic E-state index is -0.240. The summed E-state index contributed by atoms with van der Waals surface area (Å²) in [5.41, 5.74) is 2.94. The van der Waals surface area contributed by atoms with E-state index >= 15 is 0 Å². The molecule has 2 aromatic carbocycles. The largest absolute Gasteiger partial charge is 0.507 e. The summed E-state index contributed by atoms with van der Waals surface area (Å²) in [5, 5.41) is 24.2. The zero-order valence-corrected chi connectivity index (χ0v) is 18.2. The summed E-state index contributed by atoms with van der Waals surface area (Å²) in [7, 11) is 0. The Morgan fingerprint density at radius 1 is 1.10 bits per heavy atom. The normalized spacial score (nSPS) is 14.6. The molecule has 0 bridgehead atoms. The Kier molecular flexibility index (Phi) is 6.30. The van der Waals surface area contributed by atoms with E-state index in [0.717, 1.165) is 31.3 Å². The third-order valence-corrected chi connectivity index (χ3v) is 5.99. The summed E-state index contributed by atoms with van der Waals surface area (Å²) >= 11 is 6.05. The van der Waals surface area contributed by atoms with Gasteiger partial charge in [-0.1, -0.05) is 54.4 Å². The van der Waals surface area contributed by atoms with Crippen LogP contribution in [-0.4, -0.2) is 39.1 Å². The monoisotopic (exact) mass is 440 g/mol. The van der Waals surface area contributed by atoms with Crippen LogP contribution in [0.5, 0.6) is 11.5 Å². The first-order valence-corrected chi connectivity index (χ1v) is 10.9. The fraction of sp³-hybridized carbons (Fsp3) is 0.333. The van der Waals surface area contributed by atoms with Crippen molar-refractivity contribution in [2.75, 3.05) is 13.1 Å². The minimum Gasteiger partial charge on any atom is -0.507 e. The number of phenols is 2. The second-order valence-corrected chi connectivity index (χ2v) is 8.27. The molecule has 0 amide bonds. The molecule has 1 aliphatic heterocycles. The molecule has 7 heteroatoms. The molecule has 6 nitrogen and oxygen atoms in total. The van der Waals surface area contributed by atoms with Crippen LogP contribution in [0.2, 0.25) is 5.02 Å². The molecule has 0 saturated carbocycles. The summed E-state index contributed by atoms with van der Waals surface area (Å²) in [4.78, 5) is 15.0. The van der Waals surface area contributed by atoms with E-state index in [4.69, 9.17) is 16.1 Å². The summed E-state index contributed by atoms with van der Waals surface area (Å²) in [6.45, 7) is 4.89. The molecule has 162 valence electrons. The van der Waals surface area contributed by atoms with Crippen LogP contribution in [0.1, 0.15) is 48.7 Å². The van der Waals surface area contributed by atoms with Crippen LogP contribution in [0.25, 0.3) is 22.5 Å². The Morgan fingerprint density at radius 3 is 2.48 bits per heavy atom.